The maximum Gasteiger partial charge on any atom is 0.298 e. The fraction of sp³-hybridized carbons (Fsp3) is 0.130. The van der Waals surface area contributed by atoms with Crippen molar-refractivity contribution in [3.8, 4) is 16.7 Å². The Balaban J connectivity index is 1.41. The van der Waals surface area contributed by atoms with Crippen LogP contribution in [0.1, 0.15) is 27.3 Å². The van der Waals surface area contributed by atoms with Crippen molar-refractivity contribution >= 4 is 17.4 Å². The van der Waals surface area contributed by atoms with E-state index in [0.29, 0.717) is 41.0 Å². The highest BCUT2D eigenvalue weighted by Crippen LogP contribution is 2.33. The standard InChI is InChI=1S/C23H19FN4O3S/c1-30-20-13-17(22(29)26-14-16-8-10-25-11-9-16)4-7-19(20)31-23-27-21(28-32-23)12-15-2-5-18(24)6-3-15/h2-11,13H,12,14H2,1H3,(H,26,29). The summed E-state index contributed by atoms with van der Waals surface area (Å²) in [5.41, 5.74) is 2.29. The number of amides is 1. The van der Waals surface area contributed by atoms with Crippen LogP contribution < -0.4 is 14.8 Å². The predicted molar refractivity (Wildman–Crippen MR) is 118 cm³/mol. The van der Waals surface area contributed by atoms with Gasteiger partial charge in [0.05, 0.1) is 7.11 Å². The van der Waals surface area contributed by atoms with E-state index in [0.717, 1.165) is 22.7 Å². The number of benzene rings is 2. The molecule has 0 saturated carbocycles. The fourth-order valence-corrected chi connectivity index (χ4v) is 3.47. The van der Waals surface area contributed by atoms with Crippen molar-refractivity contribution in [2.75, 3.05) is 7.11 Å². The Morgan fingerprint density at radius 1 is 1.03 bits per heavy atom. The van der Waals surface area contributed by atoms with Crippen LogP contribution in [0.15, 0.2) is 67.0 Å². The second-order valence-electron chi connectivity index (χ2n) is 6.79. The van der Waals surface area contributed by atoms with Gasteiger partial charge in [-0.3, -0.25) is 9.78 Å². The molecule has 0 atom stereocenters. The molecule has 0 aliphatic heterocycles. The van der Waals surface area contributed by atoms with Gasteiger partial charge in [-0.1, -0.05) is 12.1 Å². The highest BCUT2D eigenvalue weighted by molar-refractivity contribution is 7.07. The first-order valence-electron chi connectivity index (χ1n) is 9.71. The summed E-state index contributed by atoms with van der Waals surface area (Å²) in [6.07, 6.45) is 3.82. The zero-order chi connectivity index (χ0) is 22.3. The number of nitrogens with one attached hydrogen (secondary N) is 1. The molecule has 0 unspecified atom stereocenters. The van der Waals surface area contributed by atoms with E-state index in [9.17, 15) is 9.18 Å². The van der Waals surface area contributed by atoms with Crippen molar-refractivity contribution < 1.29 is 18.7 Å². The van der Waals surface area contributed by atoms with Crippen LogP contribution in [0.4, 0.5) is 4.39 Å². The van der Waals surface area contributed by atoms with Gasteiger partial charge in [-0.05, 0) is 53.6 Å². The molecule has 2 heterocycles. The molecular formula is C23H19FN4O3S. The van der Waals surface area contributed by atoms with Gasteiger partial charge < -0.3 is 14.8 Å². The Hall–Kier alpha value is -3.85. The van der Waals surface area contributed by atoms with Crippen LogP contribution in [-0.4, -0.2) is 27.4 Å². The molecular weight excluding hydrogens is 431 g/mol. The normalized spacial score (nSPS) is 10.6. The number of hydrogen-bond acceptors (Lipinski definition) is 7. The Morgan fingerprint density at radius 2 is 1.81 bits per heavy atom. The molecule has 2 aromatic heterocycles. The van der Waals surface area contributed by atoms with Gasteiger partial charge in [0.2, 0.25) is 0 Å². The second kappa shape index (κ2) is 9.97. The minimum Gasteiger partial charge on any atom is -0.493 e. The second-order valence-corrected chi connectivity index (χ2v) is 7.50. The number of aromatic nitrogens is 3. The molecule has 0 aliphatic carbocycles. The zero-order valence-electron chi connectivity index (χ0n) is 17.1. The lowest BCUT2D eigenvalue weighted by atomic mass is 10.1. The average Bonchev–Trinajstić information content (AvgIpc) is 3.26. The fourth-order valence-electron chi connectivity index (χ4n) is 2.91. The highest BCUT2D eigenvalue weighted by Gasteiger charge is 2.14. The largest absolute Gasteiger partial charge is 0.493 e. The minimum atomic E-state index is -0.286. The molecule has 2 aromatic carbocycles. The summed E-state index contributed by atoms with van der Waals surface area (Å²) in [5.74, 6) is 0.872. The summed E-state index contributed by atoms with van der Waals surface area (Å²) in [6.45, 7) is 0.392. The van der Waals surface area contributed by atoms with E-state index in [4.69, 9.17) is 9.47 Å². The van der Waals surface area contributed by atoms with E-state index in [1.165, 1.54) is 19.2 Å². The molecule has 162 valence electrons. The van der Waals surface area contributed by atoms with E-state index in [1.54, 1.807) is 42.7 Å². The summed E-state index contributed by atoms with van der Waals surface area (Å²) < 4.78 is 28.6. The van der Waals surface area contributed by atoms with Crippen LogP contribution in [0.25, 0.3) is 0 Å². The zero-order valence-corrected chi connectivity index (χ0v) is 17.9. The molecule has 4 aromatic rings. The van der Waals surface area contributed by atoms with Crippen molar-refractivity contribution in [2.45, 2.75) is 13.0 Å². The van der Waals surface area contributed by atoms with Crippen molar-refractivity contribution in [3.63, 3.8) is 0 Å². The smallest absolute Gasteiger partial charge is 0.298 e. The first-order chi connectivity index (χ1) is 15.6. The molecule has 0 aliphatic rings. The van der Waals surface area contributed by atoms with E-state index >= 15 is 0 Å². The number of rotatable bonds is 8. The number of halogens is 1. The number of hydrogen-bond donors (Lipinski definition) is 1. The van der Waals surface area contributed by atoms with Crippen molar-refractivity contribution in [1.82, 2.24) is 19.7 Å². The van der Waals surface area contributed by atoms with Gasteiger partial charge in [0, 0.05) is 42.5 Å². The van der Waals surface area contributed by atoms with Crippen LogP contribution in [-0.2, 0) is 13.0 Å². The number of ether oxygens (including phenoxy) is 2. The Kier molecular flexibility index (Phi) is 6.66. The van der Waals surface area contributed by atoms with Crippen LogP contribution in [0.2, 0.25) is 0 Å². The highest BCUT2D eigenvalue weighted by atomic mass is 32.1. The van der Waals surface area contributed by atoms with Gasteiger partial charge >= 0.3 is 0 Å². The topological polar surface area (TPSA) is 86.2 Å². The van der Waals surface area contributed by atoms with E-state index in [-0.39, 0.29) is 11.7 Å². The SMILES string of the molecule is COc1cc(C(=O)NCc2ccncc2)ccc1Oc1nc(Cc2ccc(F)cc2)ns1. The van der Waals surface area contributed by atoms with Crippen LogP contribution >= 0.6 is 11.5 Å². The van der Waals surface area contributed by atoms with Gasteiger partial charge in [-0.2, -0.15) is 9.36 Å². The molecule has 0 spiro atoms. The molecule has 0 bridgehead atoms. The van der Waals surface area contributed by atoms with Crippen molar-refractivity contribution in [2.24, 2.45) is 0 Å². The Morgan fingerprint density at radius 3 is 2.56 bits per heavy atom. The Labute approximate surface area is 188 Å². The van der Waals surface area contributed by atoms with E-state index in [2.05, 4.69) is 19.7 Å². The third kappa shape index (κ3) is 5.44. The summed E-state index contributed by atoms with van der Waals surface area (Å²) >= 11 is 1.10. The monoisotopic (exact) mass is 450 g/mol. The van der Waals surface area contributed by atoms with Crippen LogP contribution in [0, 0.1) is 5.82 Å². The number of methoxy groups -OCH3 is 1. The molecule has 0 radical (unpaired) electrons. The summed E-state index contributed by atoms with van der Waals surface area (Å²) in [6, 6.07) is 14.8. The Bertz CT molecular complexity index is 1200. The van der Waals surface area contributed by atoms with Crippen molar-refractivity contribution in [3.05, 3.63) is 95.3 Å². The summed E-state index contributed by atoms with van der Waals surface area (Å²) in [5, 5.41) is 3.20. The number of carbonyl (C=O) groups excluding carboxylic acids is 1. The van der Waals surface area contributed by atoms with Crippen LogP contribution in [0.3, 0.4) is 0 Å². The lowest BCUT2D eigenvalue weighted by Crippen LogP contribution is -2.22. The summed E-state index contributed by atoms with van der Waals surface area (Å²) in [7, 11) is 1.50. The molecule has 9 heteroatoms. The van der Waals surface area contributed by atoms with E-state index < -0.39 is 0 Å². The minimum absolute atomic E-state index is 0.232. The molecule has 32 heavy (non-hydrogen) atoms. The maximum absolute atomic E-state index is 13.1. The average molecular weight is 450 g/mol. The van der Waals surface area contributed by atoms with Gasteiger partial charge in [-0.25, -0.2) is 4.39 Å². The third-order valence-corrected chi connectivity index (χ3v) is 5.18. The third-order valence-electron chi connectivity index (χ3n) is 4.55. The first-order valence-corrected chi connectivity index (χ1v) is 10.5. The molecule has 4 rings (SSSR count). The van der Waals surface area contributed by atoms with Gasteiger partial charge in [-0.15, -0.1) is 0 Å². The van der Waals surface area contributed by atoms with Crippen molar-refractivity contribution in [1.29, 1.82) is 0 Å². The lowest BCUT2D eigenvalue weighted by Gasteiger charge is -2.10. The predicted octanol–water partition coefficient (Wildman–Crippen LogP) is 4.39. The molecule has 1 N–H and O–H groups in total. The first kappa shape index (κ1) is 21.4. The molecule has 7 nitrogen and oxygen atoms in total. The number of pyridine rings is 1. The van der Waals surface area contributed by atoms with Crippen LogP contribution in [0.5, 0.6) is 16.7 Å². The molecule has 1 amide bonds. The number of nitrogens with zero attached hydrogens (tertiary/aromatic N) is 3. The quantitative estimate of drug-likeness (QED) is 0.428. The summed E-state index contributed by atoms with van der Waals surface area (Å²) in [4.78, 5) is 20.8. The lowest BCUT2D eigenvalue weighted by molar-refractivity contribution is 0.0950. The number of carbonyl (C=O) groups is 1. The van der Waals surface area contributed by atoms with Gasteiger partial charge in [0.25, 0.3) is 11.1 Å². The van der Waals surface area contributed by atoms with Gasteiger partial charge in [0.15, 0.2) is 17.3 Å². The van der Waals surface area contributed by atoms with E-state index in [1.807, 2.05) is 12.1 Å². The molecule has 0 fully saturated rings. The molecule has 0 saturated heterocycles. The maximum atomic E-state index is 13.1. The van der Waals surface area contributed by atoms with Gasteiger partial charge in [0.1, 0.15) is 5.82 Å².